The molecule has 2 fully saturated rings. The molecule has 0 amide bonds. The lowest BCUT2D eigenvalue weighted by Crippen LogP contribution is -2.49. The summed E-state index contributed by atoms with van der Waals surface area (Å²) in [6, 6.07) is 8.52. The third kappa shape index (κ3) is 4.50. The van der Waals surface area contributed by atoms with Gasteiger partial charge < -0.3 is 9.47 Å². The molecule has 1 aromatic carbocycles. The summed E-state index contributed by atoms with van der Waals surface area (Å²) in [7, 11) is 1.66. The minimum atomic E-state index is -0.0706. The fourth-order valence-electron chi connectivity index (χ4n) is 4.08. The Morgan fingerprint density at radius 2 is 1.92 bits per heavy atom. The fraction of sp³-hybridized carbons (Fsp3) is 0.650. The van der Waals surface area contributed by atoms with Crippen molar-refractivity contribution in [3.63, 3.8) is 0 Å². The number of esters is 1. The number of hydrogen-bond acceptors (Lipinski definition) is 4. The van der Waals surface area contributed by atoms with Crippen LogP contribution in [0.4, 0.5) is 0 Å². The highest BCUT2D eigenvalue weighted by molar-refractivity contribution is 5.69. The molecule has 4 heteroatoms. The Balaban J connectivity index is 1.41. The zero-order chi connectivity index (χ0) is 16.8. The van der Waals surface area contributed by atoms with Crippen molar-refractivity contribution < 1.29 is 14.3 Å². The van der Waals surface area contributed by atoms with Gasteiger partial charge in [0.05, 0.1) is 13.7 Å². The number of ether oxygens (including phenoxy) is 2. The van der Waals surface area contributed by atoms with E-state index in [4.69, 9.17) is 9.47 Å². The molecule has 2 aliphatic heterocycles. The highest BCUT2D eigenvalue weighted by Crippen LogP contribution is 2.31. The molecule has 2 saturated heterocycles. The molecule has 2 aliphatic rings. The van der Waals surface area contributed by atoms with Gasteiger partial charge in [-0.25, -0.2) is 0 Å². The monoisotopic (exact) mass is 331 g/mol. The number of aryl methyl sites for hydroxylation is 1. The van der Waals surface area contributed by atoms with E-state index in [1.165, 1.54) is 45.2 Å². The summed E-state index contributed by atoms with van der Waals surface area (Å²) < 4.78 is 10.8. The number of benzene rings is 1. The topological polar surface area (TPSA) is 38.8 Å². The Morgan fingerprint density at radius 3 is 2.71 bits per heavy atom. The van der Waals surface area contributed by atoms with Crippen molar-refractivity contribution in [3.05, 3.63) is 29.8 Å². The molecule has 2 unspecified atom stereocenters. The van der Waals surface area contributed by atoms with Crippen LogP contribution in [0.5, 0.6) is 5.75 Å². The number of fused-ring (bicyclic) bond motifs is 1. The number of carbonyl (C=O) groups excluding carboxylic acids is 1. The van der Waals surface area contributed by atoms with Gasteiger partial charge in [-0.05, 0) is 62.9 Å². The van der Waals surface area contributed by atoms with Gasteiger partial charge in [-0.2, -0.15) is 0 Å². The maximum absolute atomic E-state index is 12.1. The molecular weight excluding hydrogens is 302 g/mol. The number of rotatable bonds is 6. The maximum Gasteiger partial charge on any atom is 0.306 e. The average Bonchev–Trinajstić information content (AvgIpc) is 2.65. The SMILES string of the molecule is COc1ccc(CCC(=O)OCC2CCCN3CCCCC23)cc1. The molecule has 24 heavy (non-hydrogen) atoms. The molecule has 0 N–H and O–H groups in total. The van der Waals surface area contributed by atoms with Gasteiger partial charge >= 0.3 is 5.97 Å². The van der Waals surface area contributed by atoms with Gasteiger partial charge in [-0.1, -0.05) is 18.6 Å². The molecule has 4 nitrogen and oxygen atoms in total. The van der Waals surface area contributed by atoms with E-state index >= 15 is 0 Å². The van der Waals surface area contributed by atoms with E-state index in [-0.39, 0.29) is 5.97 Å². The lowest BCUT2D eigenvalue weighted by Gasteiger charge is -2.44. The maximum atomic E-state index is 12.1. The first-order chi connectivity index (χ1) is 11.8. The first kappa shape index (κ1) is 17.3. The highest BCUT2D eigenvalue weighted by Gasteiger charge is 2.33. The molecule has 0 aromatic heterocycles. The van der Waals surface area contributed by atoms with E-state index in [9.17, 15) is 4.79 Å². The molecule has 0 bridgehead atoms. The number of carbonyl (C=O) groups is 1. The predicted molar refractivity (Wildman–Crippen MR) is 94.2 cm³/mol. The Labute approximate surface area is 145 Å². The van der Waals surface area contributed by atoms with Gasteiger partial charge in [0, 0.05) is 18.4 Å². The summed E-state index contributed by atoms with van der Waals surface area (Å²) >= 11 is 0. The molecule has 0 radical (unpaired) electrons. The Morgan fingerprint density at radius 1 is 1.12 bits per heavy atom. The smallest absolute Gasteiger partial charge is 0.306 e. The van der Waals surface area contributed by atoms with Crippen LogP contribution in [0, 0.1) is 5.92 Å². The molecule has 2 atom stereocenters. The third-order valence-corrected chi connectivity index (χ3v) is 5.46. The zero-order valence-corrected chi connectivity index (χ0v) is 14.7. The quantitative estimate of drug-likeness (QED) is 0.749. The summed E-state index contributed by atoms with van der Waals surface area (Å²) in [6.07, 6.45) is 7.54. The van der Waals surface area contributed by atoms with E-state index in [0.717, 1.165) is 17.7 Å². The van der Waals surface area contributed by atoms with Crippen molar-refractivity contribution >= 4 is 5.97 Å². The van der Waals surface area contributed by atoms with E-state index in [2.05, 4.69) is 4.90 Å². The van der Waals surface area contributed by atoms with Crippen LogP contribution in [0.15, 0.2) is 24.3 Å². The minimum Gasteiger partial charge on any atom is -0.497 e. The number of methoxy groups -OCH3 is 1. The lowest BCUT2D eigenvalue weighted by atomic mass is 9.84. The van der Waals surface area contributed by atoms with Crippen molar-refractivity contribution in [2.24, 2.45) is 5.92 Å². The van der Waals surface area contributed by atoms with E-state index in [0.29, 0.717) is 25.0 Å². The number of hydrogen-bond donors (Lipinski definition) is 0. The lowest BCUT2D eigenvalue weighted by molar-refractivity contribution is -0.146. The van der Waals surface area contributed by atoms with Crippen LogP contribution in [0.25, 0.3) is 0 Å². The first-order valence-electron chi connectivity index (χ1n) is 9.29. The van der Waals surface area contributed by atoms with Gasteiger partial charge in [0.1, 0.15) is 5.75 Å². The van der Waals surface area contributed by atoms with Crippen molar-refractivity contribution in [1.82, 2.24) is 4.90 Å². The molecule has 2 heterocycles. The predicted octanol–water partition coefficient (Wildman–Crippen LogP) is 3.44. The zero-order valence-electron chi connectivity index (χ0n) is 14.7. The number of nitrogens with zero attached hydrogens (tertiary/aromatic N) is 1. The van der Waals surface area contributed by atoms with Crippen LogP contribution in [-0.4, -0.2) is 43.7 Å². The Kier molecular flexibility index (Phi) is 6.13. The second kappa shape index (κ2) is 8.52. The second-order valence-electron chi connectivity index (χ2n) is 7.03. The van der Waals surface area contributed by atoms with Crippen LogP contribution < -0.4 is 4.74 Å². The minimum absolute atomic E-state index is 0.0706. The fourth-order valence-corrected chi connectivity index (χ4v) is 4.08. The molecule has 0 aliphatic carbocycles. The Bertz CT molecular complexity index is 526. The molecule has 0 saturated carbocycles. The number of piperidine rings is 2. The molecule has 3 rings (SSSR count). The van der Waals surface area contributed by atoms with Gasteiger partial charge in [0.2, 0.25) is 0 Å². The molecule has 1 aromatic rings. The standard InChI is InChI=1S/C20H29NO3/c1-23-18-10-7-16(8-11-18)9-12-20(22)24-15-17-5-4-14-21-13-3-2-6-19(17)21/h7-8,10-11,17,19H,2-6,9,12-15H2,1H3. The van der Waals surface area contributed by atoms with E-state index in [1.807, 2.05) is 24.3 Å². The van der Waals surface area contributed by atoms with Crippen molar-refractivity contribution in [2.45, 2.75) is 51.0 Å². The van der Waals surface area contributed by atoms with Crippen LogP contribution in [0.3, 0.4) is 0 Å². The highest BCUT2D eigenvalue weighted by atomic mass is 16.5. The van der Waals surface area contributed by atoms with Gasteiger partial charge in [0.25, 0.3) is 0 Å². The van der Waals surface area contributed by atoms with Crippen LogP contribution >= 0.6 is 0 Å². The third-order valence-electron chi connectivity index (χ3n) is 5.46. The van der Waals surface area contributed by atoms with Gasteiger partial charge in [-0.15, -0.1) is 0 Å². The Hall–Kier alpha value is -1.55. The summed E-state index contributed by atoms with van der Waals surface area (Å²) in [5, 5.41) is 0. The van der Waals surface area contributed by atoms with Crippen molar-refractivity contribution in [1.29, 1.82) is 0 Å². The summed E-state index contributed by atoms with van der Waals surface area (Å²) in [5.41, 5.74) is 1.14. The van der Waals surface area contributed by atoms with E-state index < -0.39 is 0 Å². The van der Waals surface area contributed by atoms with Crippen molar-refractivity contribution in [2.75, 3.05) is 26.8 Å². The average molecular weight is 331 g/mol. The molecule has 132 valence electrons. The summed E-state index contributed by atoms with van der Waals surface area (Å²) in [5.74, 6) is 1.30. The second-order valence-corrected chi connectivity index (χ2v) is 7.03. The molecular formula is C20H29NO3. The molecule has 0 spiro atoms. The van der Waals surface area contributed by atoms with Gasteiger partial charge in [-0.3, -0.25) is 9.69 Å². The largest absolute Gasteiger partial charge is 0.497 e. The van der Waals surface area contributed by atoms with E-state index in [1.54, 1.807) is 7.11 Å². The van der Waals surface area contributed by atoms with Crippen LogP contribution in [0.2, 0.25) is 0 Å². The summed E-state index contributed by atoms with van der Waals surface area (Å²) in [6.45, 7) is 3.06. The first-order valence-corrected chi connectivity index (χ1v) is 9.29. The van der Waals surface area contributed by atoms with Gasteiger partial charge in [0.15, 0.2) is 0 Å². The normalized spacial score (nSPS) is 24.2. The van der Waals surface area contributed by atoms with Crippen LogP contribution in [-0.2, 0) is 16.0 Å². The summed E-state index contributed by atoms with van der Waals surface area (Å²) in [4.78, 5) is 14.7. The van der Waals surface area contributed by atoms with Crippen molar-refractivity contribution in [3.8, 4) is 5.75 Å². The van der Waals surface area contributed by atoms with Crippen LogP contribution in [0.1, 0.15) is 44.1 Å².